The monoisotopic (exact) mass is 563 g/mol. The largest absolute Gasteiger partial charge is 0.262 e. The fourth-order valence-corrected chi connectivity index (χ4v) is 6.20. The predicted octanol–water partition coefficient (Wildman–Crippen LogP) is 8.66. The molecule has 0 unspecified atom stereocenters. The SMILES string of the molecule is Cc1cc(-c2nn(C(c3ccccc3)(c3ccccc3)c3ccccc3)c3cc(Cl)cc(Br)c23)ccn1. The minimum atomic E-state index is -0.757. The molecule has 0 aliphatic rings. The summed E-state index contributed by atoms with van der Waals surface area (Å²) in [5, 5.41) is 7.05. The molecule has 0 atom stereocenters. The number of aryl methyl sites for hydroxylation is 1. The summed E-state index contributed by atoms with van der Waals surface area (Å²) in [6, 6.07) is 39.7. The first kappa shape index (κ1) is 23.7. The van der Waals surface area contributed by atoms with E-state index in [1.807, 2.05) is 49.5 Å². The van der Waals surface area contributed by atoms with E-state index in [2.05, 4.69) is 104 Å². The fourth-order valence-electron chi connectivity index (χ4n) is 5.22. The van der Waals surface area contributed by atoms with Gasteiger partial charge in [-0.2, -0.15) is 5.10 Å². The molecule has 0 saturated heterocycles. The van der Waals surface area contributed by atoms with Crippen molar-refractivity contribution in [2.45, 2.75) is 12.5 Å². The number of nitrogens with zero attached hydrogens (tertiary/aromatic N) is 3. The molecule has 0 amide bonds. The normalized spacial score (nSPS) is 11.6. The highest BCUT2D eigenvalue weighted by Crippen LogP contribution is 2.45. The summed E-state index contributed by atoms with van der Waals surface area (Å²) >= 11 is 10.5. The Labute approximate surface area is 229 Å². The van der Waals surface area contributed by atoms with Crippen molar-refractivity contribution in [1.29, 1.82) is 0 Å². The molecule has 0 aliphatic carbocycles. The van der Waals surface area contributed by atoms with Crippen LogP contribution in [-0.2, 0) is 5.54 Å². The molecule has 0 spiro atoms. The van der Waals surface area contributed by atoms with E-state index in [1.165, 1.54) is 0 Å². The van der Waals surface area contributed by atoms with Crippen LogP contribution in [0.5, 0.6) is 0 Å². The molecule has 6 rings (SSSR count). The van der Waals surface area contributed by atoms with E-state index in [-0.39, 0.29) is 0 Å². The van der Waals surface area contributed by atoms with Crippen molar-refractivity contribution in [3.63, 3.8) is 0 Å². The minimum absolute atomic E-state index is 0.640. The lowest BCUT2D eigenvalue weighted by Gasteiger charge is -2.37. The van der Waals surface area contributed by atoms with Crippen LogP contribution < -0.4 is 0 Å². The molecule has 3 nitrogen and oxygen atoms in total. The van der Waals surface area contributed by atoms with Gasteiger partial charge in [-0.3, -0.25) is 4.98 Å². The second-order valence-corrected chi connectivity index (χ2v) is 10.3. The summed E-state index contributed by atoms with van der Waals surface area (Å²) in [5.74, 6) is 0. The Morgan fingerprint density at radius 1 is 0.730 bits per heavy atom. The highest BCUT2D eigenvalue weighted by atomic mass is 79.9. The summed E-state index contributed by atoms with van der Waals surface area (Å²) in [6.45, 7) is 2.00. The van der Waals surface area contributed by atoms with Crippen LogP contribution in [0.2, 0.25) is 5.02 Å². The molecular weight excluding hydrogens is 542 g/mol. The number of pyridine rings is 1. The first-order valence-electron chi connectivity index (χ1n) is 12.1. The van der Waals surface area contributed by atoms with Gasteiger partial charge in [0.25, 0.3) is 0 Å². The molecule has 5 heteroatoms. The standard InChI is InChI=1S/C32H23BrClN3/c1-22-19-23(17-18-35-22)31-30-28(33)20-27(34)21-29(30)37(36-31)32(24-11-5-2-6-12-24,25-13-7-3-8-14-25)26-15-9-4-10-16-26/h2-21H,1H3. The molecule has 0 N–H and O–H groups in total. The molecule has 0 aliphatic heterocycles. The Bertz CT molecular complexity index is 1600. The maximum atomic E-state index is 6.68. The van der Waals surface area contributed by atoms with Gasteiger partial charge in [0, 0.05) is 32.3 Å². The number of hydrogen-bond acceptors (Lipinski definition) is 2. The summed E-state index contributed by atoms with van der Waals surface area (Å²) in [4.78, 5) is 4.41. The maximum absolute atomic E-state index is 6.68. The third-order valence-corrected chi connectivity index (χ3v) is 7.61. The van der Waals surface area contributed by atoms with Crippen molar-refractivity contribution in [2.24, 2.45) is 0 Å². The Hall–Kier alpha value is -3.73. The molecule has 0 saturated carbocycles. The van der Waals surface area contributed by atoms with Crippen molar-refractivity contribution >= 4 is 38.4 Å². The molecule has 2 heterocycles. The zero-order valence-electron chi connectivity index (χ0n) is 20.1. The number of aromatic nitrogens is 3. The van der Waals surface area contributed by atoms with Gasteiger partial charge < -0.3 is 0 Å². The van der Waals surface area contributed by atoms with E-state index in [4.69, 9.17) is 16.7 Å². The molecule has 0 radical (unpaired) electrons. The molecular formula is C32H23BrClN3. The quantitative estimate of drug-likeness (QED) is 0.196. The summed E-state index contributed by atoms with van der Waals surface area (Å²) in [7, 11) is 0. The zero-order chi connectivity index (χ0) is 25.4. The Balaban J connectivity index is 1.83. The highest BCUT2D eigenvalue weighted by Gasteiger charge is 2.41. The van der Waals surface area contributed by atoms with Gasteiger partial charge in [0.2, 0.25) is 0 Å². The average Bonchev–Trinajstić information content (AvgIpc) is 3.31. The number of rotatable bonds is 5. The molecule has 37 heavy (non-hydrogen) atoms. The van der Waals surface area contributed by atoms with Crippen LogP contribution in [0, 0.1) is 6.92 Å². The van der Waals surface area contributed by atoms with Gasteiger partial charge in [-0.25, -0.2) is 4.68 Å². The van der Waals surface area contributed by atoms with Crippen LogP contribution in [0.4, 0.5) is 0 Å². The van der Waals surface area contributed by atoms with Crippen molar-refractivity contribution in [3.8, 4) is 11.3 Å². The third kappa shape index (κ3) is 3.97. The van der Waals surface area contributed by atoms with Gasteiger partial charge >= 0.3 is 0 Å². The number of benzene rings is 4. The van der Waals surface area contributed by atoms with Crippen LogP contribution >= 0.6 is 27.5 Å². The topological polar surface area (TPSA) is 30.7 Å². The second-order valence-electron chi connectivity index (χ2n) is 9.04. The van der Waals surface area contributed by atoms with Crippen LogP contribution in [-0.4, -0.2) is 14.8 Å². The van der Waals surface area contributed by atoms with E-state index < -0.39 is 5.54 Å². The van der Waals surface area contributed by atoms with Gasteiger partial charge in [0.1, 0.15) is 11.2 Å². The predicted molar refractivity (Wildman–Crippen MR) is 155 cm³/mol. The lowest BCUT2D eigenvalue weighted by Crippen LogP contribution is -2.38. The summed E-state index contributed by atoms with van der Waals surface area (Å²) < 4.78 is 3.04. The van der Waals surface area contributed by atoms with Gasteiger partial charge in [0.05, 0.1) is 5.52 Å². The van der Waals surface area contributed by atoms with Crippen molar-refractivity contribution < 1.29 is 0 Å². The van der Waals surface area contributed by atoms with Crippen molar-refractivity contribution in [1.82, 2.24) is 14.8 Å². The first-order chi connectivity index (χ1) is 18.1. The Morgan fingerprint density at radius 3 is 1.78 bits per heavy atom. The second kappa shape index (κ2) is 9.62. The lowest BCUT2D eigenvalue weighted by molar-refractivity contribution is 0.477. The number of hydrogen-bond donors (Lipinski definition) is 0. The van der Waals surface area contributed by atoms with Crippen LogP contribution in [0.15, 0.2) is 126 Å². The smallest absolute Gasteiger partial charge is 0.138 e. The maximum Gasteiger partial charge on any atom is 0.138 e. The number of halogens is 2. The van der Waals surface area contributed by atoms with Gasteiger partial charge in [0.15, 0.2) is 0 Å². The highest BCUT2D eigenvalue weighted by molar-refractivity contribution is 9.10. The molecule has 4 aromatic carbocycles. The first-order valence-corrected chi connectivity index (χ1v) is 13.2. The average molecular weight is 565 g/mol. The fraction of sp³-hybridized carbons (Fsp3) is 0.0625. The molecule has 0 bridgehead atoms. The molecule has 0 fully saturated rings. The Kier molecular flexibility index (Phi) is 6.15. The van der Waals surface area contributed by atoms with E-state index in [9.17, 15) is 0 Å². The molecule has 180 valence electrons. The summed E-state index contributed by atoms with van der Waals surface area (Å²) in [5.41, 5.74) is 6.29. The van der Waals surface area contributed by atoms with Crippen molar-refractivity contribution in [2.75, 3.05) is 0 Å². The van der Waals surface area contributed by atoms with Crippen LogP contribution in [0.25, 0.3) is 22.2 Å². The zero-order valence-corrected chi connectivity index (χ0v) is 22.5. The summed E-state index contributed by atoms with van der Waals surface area (Å²) in [6.07, 6.45) is 1.83. The van der Waals surface area contributed by atoms with Crippen LogP contribution in [0.1, 0.15) is 22.4 Å². The van der Waals surface area contributed by atoms with E-state index in [0.717, 1.165) is 49.0 Å². The van der Waals surface area contributed by atoms with Gasteiger partial charge in [-0.15, -0.1) is 0 Å². The van der Waals surface area contributed by atoms with E-state index in [0.29, 0.717) is 5.02 Å². The van der Waals surface area contributed by atoms with E-state index in [1.54, 1.807) is 0 Å². The van der Waals surface area contributed by atoms with E-state index >= 15 is 0 Å². The molecule has 6 aromatic rings. The Morgan fingerprint density at radius 2 is 1.27 bits per heavy atom. The van der Waals surface area contributed by atoms with Gasteiger partial charge in [-0.1, -0.05) is 103 Å². The molecule has 2 aromatic heterocycles. The lowest BCUT2D eigenvalue weighted by atomic mass is 9.77. The van der Waals surface area contributed by atoms with Crippen LogP contribution in [0.3, 0.4) is 0 Å². The van der Waals surface area contributed by atoms with Crippen molar-refractivity contribution in [3.05, 3.63) is 153 Å². The minimum Gasteiger partial charge on any atom is -0.262 e. The van der Waals surface area contributed by atoms with Gasteiger partial charge in [-0.05, 0) is 63.8 Å². The number of fused-ring (bicyclic) bond motifs is 1. The third-order valence-electron chi connectivity index (χ3n) is 6.76.